The number of carbonyl (C=O) groups is 1. The lowest BCUT2D eigenvalue weighted by atomic mass is 10.2. The summed E-state index contributed by atoms with van der Waals surface area (Å²) < 4.78 is 5.61. The maximum absolute atomic E-state index is 10.5. The largest absolute Gasteiger partial charge is 0.494 e. The summed E-state index contributed by atoms with van der Waals surface area (Å²) in [7, 11) is 0. The van der Waals surface area contributed by atoms with Crippen molar-refractivity contribution < 1.29 is 9.53 Å². The van der Waals surface area contributed by atoms with E-state index in [-0.39, 0.29) is 0 Å². The van der Waals surface area contributed by atoms with Crippen LogP contribution in [0.1, 0.15) is 29.6 Å². The summed E-state index contributed by atoms with van der Waals surface area (Å²) in [4.78, 5) is 10.5. The molecule has 22 heavy (non-hydrogen) atoms. The van der Waals surface area contributed by atoms with Gasteiger partial charge in [0.15, 0.2) is 5.15 Å². The van der Waals surface area contributed by atoms with Gasteiger partial charge >= 0.3 is 0 Å². The third kappa shape index (κ3) is 5.69. The van der Waals surface area contributed by atoms with Crippen LogP contribution in [0.2, 0.25) is 5.15 Å². The lowest BCUT2D eigenvalue weighted by molar-refractivity contribution is 0.112. The van der Waals surface area contributed by atoms with Gasteiger partial charge in [0.05, 0.1) is 6.61 Å². The Hall–Kier alpha value is -2.14. The Morgan fingerprint density at radius 3 is 2.55 bits per heavy atom. The minimum atomic E-state index is 0.392. The predicted octanol–water partition coefficient (Wildman–Crippen LogP) is 3.60. The molecular weight excluding hydrogens is 302 g/mol. The maximum atomic E-state index is 10.5. The molecule has 0 radical (unpaired) electrons. The zero-order valence-corrected chi connectivity index (χ0v) is 12.9. The highest BCUT2D eigenvalue weighted by Crippen LogP contribution is 2.12. The van der Waals surface area contributed by atoms with Crippen LogP contribution in [0.3, 0.4) is 0 Å². The molecule has 0 saturated carbocycles. The van der Waals surface area contributed by atoms with E-state index in [4.69, 9.17) is 16.3 Å². The number of aldehydes is 1. The van der Waals surface area contributed by atoms with Crippen LogP contribution in [0.5, 0.6) is 5.75 Å². The molecule has 0 amide bonds. The number of unbranched alkanes of at least 4 members (excludes halogenated alkanes) is 2. The van der Waals surface area contributed by atoms with Gasteiger partial charge in [0.1, 0.15) is 17.9 Å². The number of rotatable bonds is 9. The zero-order valence-electron chi connectivity index (χ0n) is 12.2. The molecule has 0 aliphatic rings. The first-order chi connectivity index (χ1) is 10.8. The van der Waals surface area contributed by atoms with E-state index in [0.717, 1.165) is 43.7 Å². The molecule has 0 unspecified atom stereocenters. The van der Waals surface area contributed by atoms with Gasteiger partial charge in [-0.1, -0.05) is 11.6 Å². The van der Waals surface area contributed by atoms with Gasteiger partial charge in [0.25, 0.3) is 0 Å². The molecule has 1 N–H and O–H groups in total. The first kappa shape index (κ1) is 16.2. The molecule has 1 aromatic heterocycles. The van der Waals surface area contributed by atoms with Crippen molar-refractivity contribution in [1.29, 1.82) is 0 Å². The SMILES string of the molecule is O=Cc1ccc(OCCCCCNc2ccc(Cl)nn2)cc1. The van der Waals surface area contributed by atoms with Gasteiger partial charge in [-0.2, -0.15) is 0 Å². The number of nitrogens with one attached hydrogen (secondary N) is 1. The van der Waals surface area contributed by atoms with Gasteiger partial charge in [-0.05, 0) is 55.7 Å². The Kier molecular flexibility index (Phi) is 6.64. The van der Waals surface area contributed by atoms with E-state index in [9.17, 15) is 4.79 Å². The molecule has 1 aromatic carbocycles. The Morgan fingerprint density at radius 1 is 1.05 bits per heavy atom. The molecule has 0 atom stereocenters. The summed E-state index contributed by atoms with van der Waals surface area (Å²) in [5.41, 5.74) is 0.656. The number of aromatic nitrogens is 2. The van der Waals surface area contributed by atoms with Crippen LogP contribution >= 0.6 is 11.6 Å². The minimum absolute atomic E-state index is 0.392. The molecule has 0 saturated heterocycles. The van der Waals surface area contributed by atoms with Crippen LogP contribution in [0.4, 0.5) is 5.82 Å². The number of ether oxygens (including phenoxy) is 1. The molecule has 0 aliphatic carbocycles. The minimum Gasteiger partial charge on any atom is -0.494 e. The third-order valence-corrected chi connectivity index (χ3v) is 3.25. The fraction of sp³-hybridized carbons (Fsp3) is 0.312. The monoisotopic (exact) mass is 319 g/mol. The molecule has 5 nitrogen and oxygen atoms in total. The van der Waals surface area contributed by atoms with Gasteiger partial charge in [-0.15, -0.1) is 10.2 Å². The fourth-order valence-corrected chi connectivity index (χ4v) is 1.96. The molecule has 1 heterocycles. The number of carbonyl (C=O) groups excluding carboxylic acids is 1. The van der Waals surface area contributed by atoms with E-state index in [1.165, 1.54) is 0 Å². The van der Waals surface area contributed by atoms with Crippen LogP contribution in [-0.2, 0) is 0 Å². The second kappa shape index (κ2) is 9.00. The molecular formula is C16H18ClN3O2. The first-order valence-corrected chi connectivity index (χ1v) is 7.57. The average Bonchev–Trinajstić information content (AvgIpc) is 2.56. The first-order valence-electron chi connectivity index (χ1n) is 7.19. The van der Waals surface area contributed by atoms with E-state index < -0.39 is 0 Å². The van der Waals surface area contributed by atoms with E-state index in [1.807, 2.05) is 12.1 Å². The smallest absolute Gasteiger partial charge is 0.151 e. The molecule has 0 fully saturated rings. The van der Waals surface area contributed by atoms with E-state index >= 15 is 0 Å². The maximum Gasteiger partial charge on any atom is 0.151 e. The molecule has 116 valence electrons. The summed E-state index contributed by atoms with van der Waals surface area (Å²) in [6.45, 7) is 1.51. The summed E-state index contributed by atoms with van der Waals surface area (Å²) >= 11 is 5.67. The molecule has 2 aromatic rings. The fourth-order valence-electron chi connectivity index (χ4n) is 1.86. The highest BCUT2D eigenvalue weighted by Gasteiger charge is 1.97. The predicted molar refractivity (Wildman–Crippen MR) is 86.7 cm³/mol. The quantitative estimate of drug-likeness (QED) is 0.565. The number of anilines is 1. The van der Waals surface area contributed by atoms with Crippen molar-refractivity contribution in [2.45, 2.75) is 19.3 Å². The van der Waals surface area contributed by atoms with Crippen LogP contribution < -0.4 is 10.1 Å². The number of benzene rings is 1. The van der Waals surface area contributed by atoms with Crippen molar-refractivity contribution in [3.05, 3.63) is 47.1 Å². The Labute approximate surface area is 134 Å². The lowest BCUT2D eigenvalue weighted by Crippen LogP contribution is -2.05. The number of halogens is 1. The van der Waals surface area contributed by atoms with Crippen LogP contribution in [0.25, 0.3) is 0 Å². The average molecular weight is 320 g/mol. The van der Waals surface area contributed by atoms with Crippen LogP contribution in [0, 0.1) is 0 Å². The highest BCUT2D eigenvalue weighted by atomic mass is 35.5. The zero-order chi connectivity index (χ0) is 15.6. The Balaban J connectivity index is 1.53. The summed E-state index contributed by atoms with van der Waals surface area (Å²) in [5.74, 6) is 1.52. The number of nitrogens with zero attached hydrogens (tertiary/aromatic N) is 2. The molecule has 0 spiro atoms. The van der Waals surface area contributed by atoms with Gasteiger partial charge in [0.2, 0.25) is 0 Å². The van der Waals surface area contributed by atoms with Crippen LogP contribution in [0.15, 0.2) is 36.4 Å². The van der Waals surface area contributed by atoms with Crippen molar-refractivity contribution in [3.63, 3.8) is 0 Å². The van der Waals surface area contributed by atoms with Crippen molar-refractivity contribution in [1.82, 2.24) is 10.2 Å². The summed E-state index contributed by atoms with van der Waals surface area (Å²) in [5, 5.41) is 11.3. The van der Waals surface area contributed by atoms with Crippen molar-refractivity contribution in [2.24, 2.45) is 0 Å². The Bertz CT molecular complexity index is 573. The van der Waals surface area contributed by atoms with E-state index in [2.05, 4.69) is 15.5 Å². The van der Waals surface area contributed by atoms with Crippen LogP contribution in [-0.4, -0.2) is 29.6 Å². The summed E-state index contributed by atoms with van der Waals surface area (Å²) in [6, 6.07) is 10.6. The van der Waals surface area contributed by atoms with E-state index in [1.54, 1.807) is 24.3 Å². The molecule has 2 rings (SSSR count). The van der Waals surface area contributed by atoms with Gasteiger partial charge in [0, 0.05) is 12.1 Å². The van der Waals surface area contributed by atoms with E-state index in [0.29, 0.717) is 17.3 Å². The van der Waals surface area contributed by atoms with Gasteiger partial charge < -0.3 is 10.1 Å². The standard InChI is InChI=1S/C16H18ClN3O2/c17-15-8-9-16(20-19-15)18-10-2-1-3-11-22-14-6-4-13(12-21)5-7-14/h4-9,12H,1-3,10-11H2,(H,18,20). The summed E-state index contributed by atoms with van der Waals surface area (Å²) in [6.07, 6.45) is 3.88. The second-order valence-corrected chi connectivity index (χ2v) is 5.15. The van der Waals surface area contributed by atoms with Gasteiger partial charge in [-0.3, -0.25) is 4.79 Å². The molecule has 0 bridgehead atoms. The normalized spacial score (nSPS) is 10.2. The Morgan fingerprint density at radius 2 is 1.86 bits per heavy atom. The number of hydrogen-bond donors (Lipinski definition) is 1. The van der Waals surface area contributed by atoms with Crippen molar-refractivity contribution in [2.75, 3.05) is 18.5 Å². The second-order valence-electron chi connectivity index (χ2n) is 4.76. The lowest BCUT2D eigenvalue weighted by Gasteiger charge is -2.07. The molecule has 0 aliphatic heterocycles. The molecule has 6 heteroatoms. The van der Waals surface area contributed by atoms with Crippen molar-refractivity contribution >= 4 is 23.7 Å². The highest BCUT2D eigenvalue weighted by molar-refractivity contribution is 6.29. The topological polar surface area (TPSA) is 64.1 Å². The third-order valence-electron chi connectivity index (χ3n) is 3.04. The number of hydrogen-bond acceptors (Lipinski definition) is 5. The van der Waals surface area contributed by atoms with Crippen molar-refractivity contribution in [3.8, 4) is 5.75 Å². The van der Waals surface area contributed by atoms with Gasteiger partial charge in [-0.25, -0.2) is 0 Å².